The van der Waals surface area contributed by atoms with Gasteiger partial charge >= 0.3 is 0 Å². The van der Waals surface area contributed by atoms with E-state index in [1.165, 1.54) is 10.1 Å². The number of piperazine rings is 1. The lowest BCUT2D eigenvalue weighted by molar-refractivity contribution is -0.116. The summed E-state index contributed by atoms with van der Waals surface area (Å²) in [7, 11) is 1.71. The summed E-state index contributed by atoms with van der Waals surface area (Å²) < 4.78 is 7.60. The molecule has 1 aromatic heterocycles. The maximum atomic E-state index is 12.9. The van der Waals surface area contributed by atoms with E-state index >= 15 is 0 Å². The van der Waals surface area contributed by atoms with E-state index in [0.29, 0.717) is 15.7 Å². The number of rotatable bonds is 10. The Balaban J connectivity index is 1.41. The van der Waals surface area contributed by atoms with Crippen LogP contribution in [0.5, 0.6) is 5.75 Å². The molecule has 1 aliphatic heterocycles. The van der Waals surface area contributed by atoms with Gasteiger partial charge in [-0.25, -0.2) is 0 Å². The van der Waals surface area contributed by atoms with Crippen LogP contribution in [-0.2, 0) is 17.8 Å². The normalized spacial score (nSPS) is 12.7. The highest BCUT2D eigenvalue weighted by molar-refractivity contribution is 7.07. The van der Waals surface area contributed by atoms with Crippen molar-refractivity contribution in [1.29, 1.82) is 10.5 Å². The molecule has 3 aromatic rings. The average molecular weight is 596 g/mol. The number of anilines is 2. The van der Waals surface area contributed by atoms with Crippen molar-refractivity contribution < 1.29 is 9.53 Å². The number of nitrogens with zero attached hydrogens (tertiary/aromatic N) is 5. The number of nitrogens with one attached hydrogen (secondary N) is 2. The molecule has 1 aliphatic rings. The number of thiazole rings is 1. The van der Waals surface area contributed by atoms with Crippen LogP contribution in [0.2, 0.25) is 0 Å². The number of amides is 1. The molecular weight excluding hydrogens is 562 g/mol. The second kappa shape index (κ2) is 15.3. The molecule has 2 heterocycles. The zero-order valence-corrected chi connectivity index (χ0v) is 25.0. The van der Waals surface area contributed by atoms with Gasteiger partial charge in [-0.1, -0.05) is 47.1 Å². The monoisotopic (exact) mass is 595 g/mol. The van der Waals surface area contributed by atoms with E-state index < -0.39 is 5.91 Å². The SMILES string of the molecule is CCn1c(=C=C(C#N)C(=O)NCC#N)sc(=C=CNc2cccc(CCN3CCN(c4ccccc4OC)CC3)c2)c1=O. The Morgan fingerprint density at radius 3 is 2.63 bits per heavy atom. The van der Waals surface area contributed by atoms with Gasteiger partial charge in [0.05, 0.1) is 18.9 Å². The standard InChI is InChI=1S/C32H33N7O3S/c1-3-39-30(22-25(23-34)31(40)36-15-13-33)43-29(32(39)41)11-14-35-26-8-6-7-24(21-26)12-16-37-17-19-38(20-18-37)27-9-4-5-10-28(27)42-2/h4-10,14,21,35H,3,12,15-20H2,1-2H3,(H,36,40). The van der Waals surface area contributed by atoms with E-state index in [4.69, 9.17) is 10.00 Å². The fourth-order valence-corrected chi connectivity index (χ4v) is 5.71. The third-order valence-corrected chi connectivity index (χ3v) is 7.99. The maximum Gasteiger partial charge on any atom is 0.277 e. The van der Waals surface area contributed by atoms with Gasteiger partial charge in [-0.15, -0.1) is 0 Å². The van der Waals surface area contributed by atoms with Crippen molar-refractivity contribution in [3.8, 4) is 17.9 Å². The third-order valence-electron chi connectivity index (χ3n) is 6.98. The first kappa shape index (κ1) is 30.9. The van der Waals surface area contributed by atoms with Crippen LogP contribution in [0.25, 0.3) is 11.5 Å². The number of carbonyl (C=O) groups is 1. The summed E-state index contributed by atoms with van der Waals surface area (Å²) in [5.74, 6) is 0.188. The molecule has 4 rings (SSSR count). The van der Waals surface area contributed by atoms with E-state index in [9.17, 15) is 14.9 Å². The van der Waals surface area contributed by atoms with Crippen LogP contribution >= 0.6 is 11.3 Å². The van der Waals surface area contributed by atoms with Gasteiger partial charge in [-0.05, 0) is 43.2 Å². The van der Waals surface area contributed by atoms with Gasteiger partial charge in [0, 0.05) is 51.2 Å². The van der Waals surface area contributed by atoms with E-state index in [-0.39, 0.29) is 17.7 Å². The summed E-state index contributed by atoms with van der Waals surface area (Å²) in [6.45, 7) is 6.73. The van der Waals surface area contributed by atoms with Crippen molar-refractivity contribution in [3.05, 3.63) is 85.4 Å². The number of methoxy groups -OCH3 is 1. The summed E-state index contributed by atoms with van der Waals surface area (Å²) >= 11 is 1.08. The number of carbonyl (C=O) groups excluding carboxylic acids is 1. The number of nitriles is 2. The van der Waals surface area contributed by atoms with Crippen LogP contribution in [0, 0.1) is 22.7 Å². The first-order valence-corrected chi connectivity index (χ1v) is 14.8. The van der Waals surface area contributed by atoms with E-state index in [1.54, 1.807) is 32.4 Å². The maximum absolute atomic E-state index is 12.9. The van der Waals surface area contributed by atoms with Crippen molar-refractivity contribution in [2.24, 2.45) is 0 Å². The lowest BCUT2D eigenvalue weighted by Gasteiger charge is -2.36. The molecule has 1 amide bonds. The summed E-state index contributed by atoms with van der Waals surface area (Å²) in [4.78, 5) is 29.8. The largest absolute Gasteiger partial charge is 0.495 e. The number of para-hydroxylation sites is 2. The Bertz CT molecular complexity index is 1790. The Morgan fingerprint density at radius 1 is 1.12 bits per heavy atom. The van der Waals surface area contributed by atoms with Crippen molar-refractivity contribution in [2.45, 2.75) is 19.9 Å². The zero-order chi connectivity index (χ0) is 30.6. The molecule has 2 aromatic carbocycles. The van der Waals surface area contributed by atoms with Gasteiger partial charge in [0.2, 0.25) is 0 Å². The zero-order valence-electron chi connectivity index (χ0n) is 24.2. The number of ether oxygens (including phenoxy) is 1. The summed E-state index contributed by atoms with van der Waals surface area (Å²) in [5.41, 5.74) is 8.34. The minimum Gasteiger partial charge on any atom is -0.495 e. The van der Waals surface area contributed by atoms with Crippen LogP contribution < -0.4 is 35.0 Å². The Morgan fingerprint density at radius 2 is 1.91 bits per heavy atom. The first-order valence-electron chi connectivity index (χ1n) is 13.9. The van der Waals surface area contributed by atoms with Crippen LogP contribution in [0.15, 0.2) is 65.1 Å². The second-order valence-electron chi connectivity index (χ2n) is 9.62. The molecule has 0 saturated carbocycles. The molecule has 1 saturated heterocycles. The van der Waals surface area contributed by atoms with Crippen LogP contribution in [0.3, 0.4) is 0 Å². The minimum atomic E-state index is -0.717. The summed E-state index contributed by atoms with van der Waals surface area (Å²) in [6, 6.07) is 19.8. The molecule has 43 heavy (non-hydrogen) atoms. The predicted molar refractivity (Wildman–Crippen MR) is 168 cm³/mol. The van der Waals surface area contributed by atoms with E-state index in [0.717, 1.165) is 67.6 Å². The van der Waals surface area contributed by atoms with Crippen LogP contribution in [-0.4, -0.2) is 61.8 Å². The highest BCUT2D eigenvalue weighted by atomic mass is 32.1. The lowest BCUT2D eigenvalue weighted by Crippen LogP contribution is -2.47. The summed E-state index contributed by atoms with van der Waals surface area (Å²) in [6.07, 6.45) is 2.50. The van der Waals surface area contributed by atoms with Crippen LogP contribution in [0.1, 0.15) is 12.5 Å². The lowest BCUT2D eigenvalue weighted by atomic mass is 10.1. The number of hydrogen-bond donors (Lipinski definition) is 2. The van der Waals surface area contributed by atoms with E-state index in [2.05, 4.69) is 50.1 Å². The van der Waals surface area contributed by atoms with Gasteiger partial charge in [0.1, 0.15) is 27.6 Å². The van der Waals surface area contributed by atoms with Crippen molar-refractivity contribution in [2.75, 3.05) is 56.6 Å². The quantitative estimate of drug-likeness (QED) is 0.206. The highest BCUT2D eigenvalue weighted by Gasteiger charge is 2.19. The van der Waals surface area contributed by atoms with Crippen molar-refractivity contribution in [1.82, 2.24) is 14.8 Å². The summed E-state index contributed by atoms with van der Waals surface area (Å²) in [5, 5.41) is 23.5. The highest BCUT2D eigenvalue weighted by Crippen LogP contribution is 2.28. The smallest absolute Gasteiger partial charge is 0.277 e. The molecule has 0 aliphatic carbocycles. The molecule has 220 valence electrons. The van der Waals surface area contributed by atoms with Crippen molar-refractivity contribution in [3.63, 3.8) is 0 Å². The molecular formula is C32H33N7O3S. The van der Waals surface area contributed by atoms with Crippen molar-refractivity contribution >= 4 is 40.1 Å². The second-order valence-corrected chi connectivity index (χ2v) is 10.6. The van der Waals surface area contributed by atoms with Crippen LogP contribution in [0.4, 0.5) is 11.4 Å². The number of benzene rings is 2. The third kappa shape index (κ3) is 8.05. The minimum absolute atomic E-state index is 0.229. The van der Waals surface area contributed by atoms with Gasteiger partial charge in [-0.3, -0.25) is 19.1 Å². The fraction of sp³-hybridized carbons (Fsp3) is 0.312. The Kier molecular flexibility index (Phi) is 11.0. The van der Waals surface area contributed by atoms with Gasteiger partial charge in [0.25, 0.3) is 11.5 Å². The topological polar surface area (TPSA) is 126 Å². The first-order chi connectivity index (χ1) is 21.0. The number of hydrogen-bond acceptors (Lipinski definition) is 9. The molecule has 1 fully saturated rings. The average Bonchev–Trinajstić information content (AvgIpc) is 3.35. The Hall–Kier alpha value is -5.02. The molecule has 11 heteroatoms. The molecule has 0 radical (unpaired) electrons. The fourth-order valence-electron chi connectivity index (χ4n) is 4.72. The predicted octanol–water partition coefficient (Wildman–Crippen LogP) is 1.78. The van der Waals surface area contributed by atoms with Gasteiger partial charge in [0.15, 0.2) is 5.57 Å². The Labute approximate surface area is 254 Å². The molecule has 0 spiro atoms. The van der Waals surface area contributed by atoms with E-state index in [1.807, 2.05) is 30.3 Å². The molecule has 0 unspecified atom stereocenters. The van der Waals surface area contributed by atoms with Gasteiger partial charge < -0.3 is 20.3 Å². The molecule has 10 nitrogen and oxygen atoms in total. The molecule has 0 atom stereocenters. The molecule has 0 bridgehead atoms. The van der Waals surface area contributed by atoms with Gasteiger partial charge in [-0.2, -0.15) is 10.5 Å². The number of aromatic nitrogens is 1. The molecule has 2 N–H and O–H groups in total.